The van der Waals surface area contributed by atoms with Crippen LogP contribution in [0.4, 0.5) is 0 Å². The van der Waals surface area contributed by atoms with Gasteiger partial charge >= 0.3 is 0 Å². The Morgan fingerprint density at radius 1 is 1.12 bits per heavy atom. The predicted molar refractivity (Wildman–Crippen MR) is 64.5 cm³/mol. The lowest BCUT2D eigenvalue weighted by atomic mass is 9.72. The molecule has 16 heavy (non-hydrogen) atoms. The van der Waals surface area contributed by atoms with Gasteiger partial charge in [-0.25, -0.2) is 0 Å². The van der Waals surface area contributed by atoms with Gasteiger partial charge in [0.2, 0.25) is 0 Å². The van der Waals surface area contributed by atoms with Gasteiger partial charge in [-0.3, -0.25) is 0 Å². The molecule has 0 aromatic heterocycles. The molecule has 0 aromatic rings. The van der Waals surface area contributed by atoms with Crippen LogP contribution < -0.4 is 0 Å². The van der Waals surface area contributed by atoms with Crippen LogP contribution in [0, 0.1) is 5.92 Å². The Hall–Kier alpha value is -0.120. The molecule has 2 atom stereocenters. The van der Waals surface area contributed by atoms with E-state index < -0.39 is 0 Å². The molecule has 0 heterocycles. The largest absolute Gasteiger partial charge is 0.394 e. The van der Waals surface area contributed by atoms with Crippen LogP contribution >= 0.6 is 0 Å². The summed E-state index contributed by atoms with van der Waals surface area (Å²) < 4.78 is 11.6. The van der Waals surface area contributed by atoms with Gasteiger partial charge in [-0.05, 0) is 39.0 Å². The monoisotopic (exact) mass is 230 g/mol. The van der Waals surface area contributed by atoms with Crippen molar-refractivity contribution in [2.24, 2.45) is 5.92 Å². The normalized spacial score (nSPS) is 22.9. The van der Waals surface area contributed by atoms with Gasteiger partial charge in [0, 0.05) is 0 Å². The molecule has 1 rings (SSSR count). The van der Waals surface area contributed by atoms with Crippen molar-refractivity contribution in [3.8, 4) is 0 Å². The first-order chi connectivity index (χ1) is 7.50. The number of rotatable bonds is 7. The van der Waals surface area contributed by atoms with E-state index in [-0.39, 0.29) is 24.4 Å². The molecule has 0 aliphatic heterocycles. The van der Waals surface area contributed by atoms with Gasteiger partial charge in [-0.15, -0.1) is 0 Å². The summed E-state index contributed by atoms with van der Waals surface area (Å²) in [6, 6.07) is 0. The summed E-state index contributed by atoms with van der Waals surface area (Å²) in [5.74, 6) is 0.568. The average Bonchev–Trinajstić information content (AvgIpc) is 2.19. The highest BCUT2D eigenvalue weighted by molar-refractivity contribution is 4.93. The van der Waals surface area contributed by atoms with Crippen LogP contribution in [0.5, 0.6) is 0 Å². The highest BCUT2D eigenvalue weighted by atomic mass is 16.6. The van der Waals surface area contributed by atoms with E-state index in [4.69, 9.17) is 14.6 Å². The summed E-state index contributed by atoms with van der Waals surface area (Å²) in [6.07, 6.45) is 3.63. The van der Waals surface area contributed by atoms with Crippen molar-refractivity contribution in [2.75, 3.05) is 13.2 Å². The molecular formula is C13H26O3. The molecule has 1 fully saturated rings. The first-order valence-electron chi connectivity index (χ1n) is 6.40. The molecule has 96 valence electrons. The Bertz CT molecular complexity index is 199. The van der Waals surface area contributed by atoms with Gasteiger partial charge in [0.1, 0.15) is 0 Å². The summed E-state index contributed by atoms with van der Waals surface area (Å²) in [7, 11) is 0. The third-order valence-corrected chi connectivity index (χ3v) is 3.56. The molecule has 0 spiro atoms. The number of hydrogen-bond donors (Lipinski definition) is 1. The van der Waals surface area contributed by atoms with Crippen molar-refractivity contribution in [1.82, 2.24) is 0 Å². The highest BCUT2D eigenvalue weighted by Crippen LogP contribution is 2.42. The number of aliphatic hydroxyl groups is 1. The fraction of sp³-hybridized carbons (Fsp3) is 1.00. The summed E-state index contributed by atoms with van der Waals surface area (Å²) in [4.78, 5) is 0. The molecule has 1 aliphatic carbocycles. The molecule has 0 bridgehead atoms. The summed E-state index contributed by atoms with van der Waals surface area (Å²) in [5.41, 5.74) is 0.0885. The second kappa shape index (κ2) is 5.99. The lowest BCUT2D eigenvalue weighted by Crippen LogP contribution is -2.48. The number of ether oxygens (including phenoxy) is 2. The maximum Gasteiger partial charge on any atom is 0.0788 e. The lowest BCUT2D eigenvalue weighted by Gasteiger charge is -2.46. The Morgan fingerprint density at radius 2 is 1.75 bits per heavy atom. The Balaban J connectivity index is 2.30. The van der Waals surface area contributed by atoms with Crippen LogP contribution in [0.25, 0.3) is 0 Å². The zero-order valence-corrected chi connectivity index (χ0v) is 11.0. The van der Waals surface area contributed by atoms with E-state index in [9.17, 15) is 0 Å². The van der Waals surface area contributed by atoms with E-state index in [1.54, 1.807) is 0 Å². The zero-order chi connectivity index (χ0) is 12.2. The van der Waals surface area contributed by atoms with Crippen LogP contribution in [-0.2, 0) is 9.47 Å². The first kappa shape index (κ1) is 13.9. The topological polar surface area (TPSA) is 38.7 Å². The van der Waals surface area contributed by atoms with Crippen molar-refractivity contribution < 1.29 is 14.6 Å². The van der Waals surface area contributed by atoms with Gasteiger partial charge < -0.3 is 14.6 Å². The Labute approximate surface area is 99.1 Å². The second-order valence-electron chi connectivity index (χ2n) is 5.33. The van der Waals surface area contributed by atoms with E-state index in [2.05, 4.69) is 13.8 Å². The molecule has 1 aliphatic rings. The highest BCUT2D eigenvalue weighted by Gasteiger charge is 2.42. The number of aliphatic hydroxyl groups excluding tert-OH is 1. The Morgan fingerprint density at radius 3 is 2.12 bits per heavy atom. The van der Waals surface area contributed by atoms with E-state index in [1.807, 2.05) is 13.8 Å². The fourth-order valence-electron chi connectivity index (χ4n) is 2.14. The van der Waals surface area contributed by atoms with Crippen LogP contribution in [-0.4, -0.2) is 36.1 Å². The van der Waals surface area contributed by atoms with Gasteiger partial charge in [0.25, 0.3) is 0 Å². The third-order valence-electron chi connectivity index (χ3n) is 3.56. The lowest BCUT2D eigenvalue weighted by molar-refractivity contribution is -0.178. The van der Waals surface area contributed by atoms with Crippen molar-refractivity contribution in [2.45, 2.75) is 64.8 Å². The molecule has 3 nitrogen and oxygen atoms in total. The van der Waals surface area contributed by atoms with Crippen molar-refractivity contribution in [3.63, 3.8) is 0 Å². The quantitative estimate of drug-likeness (QED) is 0.729. The molecule has 1 N–H and O–H groups in total. The summed E-state index contributed by atoms with van der Waals surface area (Å²) in [6.45, 7) is 9.01. The SMILES string of the molecule is CC(CO)OCC(C)OC1(C(C)C)CCC1. The van der Waals surface area contributed by atoms with Crippen LogP contribution in [0.2, 0.25) is 0 Å². The predicted octanol–water partition coefficient (Wildman–Crippen LogP) is 2.37. The zero-order valence-electron chi connectivity index (χ0n) is 11.0. The second-order valence-corrected chi connectivity index (χ2v) is 5.33. The molecule has 1 saturated carbocycles. The molecule has 3 heteroatoms. The maximum atomic E-state index is 8.86. The minimum Gasteiger partial charge on any atom is -0.394 e. The minimum atomic E-state index is -0.0950. The summed E-state index contributed by atoms with van der Waals surface area (Å²) >= 11 is 0. The maximum absolute atomic E-state index is 8.86. The molecule has 0 saturated heterocycles. The van der Waals surface area contributed by atoms with E-state index in [0.29, 0.717) is 12.5 Å². The van der Waals surface area contributed by atoms with Crippen LogP contribution in [0.15, 0.2) is 0 Å². The minimum absolute atomic E-state index is 0.0715. The molecule has 0 radical (unpaired) electrons. The Kier molecular flexibility index (Phi) is 5.22. The smallest absolute Gasteiger partial charge is 0.0788 e. The molecule has 2 unspecified atom stereocenters. The van der Waals surface area contributed by atoms with E-state index >= 15 is 0 Å². The van der Waals surface area contributed by atoms with Crippen molar-refractivity contribution in [1.29, 1.82) is 0 Å². The van der Waals surface area contributed by atoms with Crippen LogP contribution in [0.3, 0.4) is 0 Å². The third kappa shape index (κ3) is 3.44. The average molecular weight is 230 g/mol. The van der Waals surface area contributed by atoms with Gasteiger partial charge in [-0.2, -0.15) is 0 Å². The van der Waals surface area contributed by atoms with Crippen molar-refractivity contribution in [3.05, 3.63) is 0 Å². The fourth-order valence-corrected chi connectivity index (χ4v) is 2.14. The van der Waals surface area contributed by atoms with Gasteiger partial charge in [0.05, 0.1) is 31.0 Å². The molecule has 0 aromatic carbocycles. The number of hydrogen-bond acceptors (Lipinski definition) is 3. The molecular weight excluding hydrogens is 204 g/mol. The van der Waals surface area contributed by atoms with E-state index in [1.165, 1.54) is 19.3 Å². The van der Waals surface area contributed by atoms with E-state index in [0.717, 1.165) is 0 Å². The van der Waals surface area contributed by atoms with Crippen molar-refractivity contribution >= 4 is 0 Å². The van der Waals surface area contributed by atoms with Gasteiger partial charge in [0.15, 0.2) is 0 Å². The first-order valence-corrected chi connectivity index (χ1v) is 6.40. The van der Waals surface area contributed by atoms with Gasteiger partial charge in [-0.1, -0.05) is 13.8 Å². The summed E-state index contributed by atoms with van der Waals surface area (Å²) in [5, 5.41) is 8.86. The van der Waals surface area contributed by atoms with Crippen LogP contribution in [0.1, 0.15) is 47.0 Å². The standard InChI is InChI=1S/C13H26O3/c1-10(2)13(6-5-7-13)16-12(4)9-15-11(3)8-14/h10-12,14H,5-9H2,1-4H3. The molecule has 0 amide bonds.